The lowest BCUT2D eigenvalue weighted by Gasteiger charge is -2.43. The monoisotopic (exact) mass is 434 g/mol. The Kier molecular flexibility index (Phi) is 5.08. The van der Waals surface area contributed by atoms with E-state index >= 15 is 0 Å². The number of allylic oxidation sites excluding steroid dienone is 3. The fourth-order valence-corrected chi connectivity index (χ4v) is 5.40. The van der Waals surface area contributed by atoms with Crippen LogP contribution in [-0.4, -0.2) is 59.0 Å². The summed E-state index contributed by atoms with van der Waals surface area (Å²) < 4.78 is 5.75. The summed E-state index contributed by atoms with van der Waals surface area (Å²) in [5.41, 5.74) is 3.38. The highest BCUT2D eigenvalue weighted by Crippen LogP contribution is 2.50. The molecule has 0 unspecified atom stereocenters. The molecule has 2 aromatic rings. The molecule has 1 aliphatic carbocycles. The predicted octanol–water partition coefficient (Wildman–Crippen LogP) is 3.68. The summed E-state index contributed by atoms with van der Waals surface area (Å²) in [7, 11) is 1.83. The lowest BCUT2D eigenvalue weighted by Crippen LogP contribution is -2.53. The number of rotatable bonds is 6. The number of hydrogen-bond acceptors (Lipinski definition) is 4. The highest BCUT2D eigenvalue weighted by Gasteiger charge is 2.60. The Morgan fingerprint density at radius 2 is 2.16 bits per heavy atom. The first-order valence-corrected chi connectivity index (χ1v) is 11.4. The minimum atomic E-state index is -0.915. The molecule has 7 nitrogen and oxygen atoms in total. The van der Waals surface area contributed by atoms with E-state index in [-0.39, 0.29) is 18.0 Å². The molecule has 1 aromatic heterocycles. The number of carbonyl (C=O) groups is 2. The maximum Gasteiger partial charge on any atom is 0.328 e. The average Bonchev–Trinajstić information content (AvgIpc) is 3.24. The number of hydrogen-bond donors (Lipinski definition) is 2. The van der Waals surface area contributed by atoms with Crippen LogP contribution < -0.4 is 10.1 Å². The summed E-state index contributed by atoms with van der Waals surface area (Å²) in [5, 5.41) is 4.12. The number of aromatic nitrogens is 1. The molecule has 7 heteroatoms. The third-order valence-electron chi connectivity index (χ3n) is 6.93. The Balaban J connectivity index is 1.69. The van der Waals surface area contributed by atoms with E-state index in [2.05, 4.69) is 34.6 Å². The zero-order chi connectivity index (χ0) is 22.5. The topological polar surface area (TPSA) is 77.7 Å². The lowest BCUT2D eigenvalue weighted by molar-refractivity contribution is -0.133. The van der Waals surface area contributed by atoms with Gasteiger partial charge in [-0.1, -0.05) is 18.2 Å². The molecule has 1 fully saturated rings. The Morgan fingerprint density at radius 1 is 1.31 bits per heavy atom. The molecule has 0 saturated carbocycles. The number of imide groups is 1. The van der Waals surface area contributed by atoms with Crippen LogP contribution in [0, 0.1) is 0 Å². The Hall–Kier alpha value is -3.06. The Bertz CT molecular complexity index is 1150. The van der Waals surface area contributed by atoms with Gasteiger partial charge in [0.05, 0.1) is 12.6 Å². The van der Waals surface area contributed by atoms with Crippen molar-refractivity contribution in [3.05, 3.63) is 53.3 Å². The summed E-state index contributed by atoms with van der Waals surface area (Å²) >= 11 is 0. The van der Waals surface area contributed by atoms with E-state index in [0.29, 0.717) is 26.1 Å². The first-order valence-electron chi connectivity index (χ1n) is 11.4. The SMILES string of the molecule is CCOc1ccc2[nH]c3c(c2c1)C[C@@]1(C)C(=O)N(CCNC)C(=O)N1[C@@H]3C1=CC=CCC1. The van der Waals surface area contributed by atoms with E-state index in [1.54, 1.807) is 0 Å². The molecule has 2 atom stereocenters. The maximum atomic E-state index is 13.6. The molecule has 0 bridgehead atoms. The normalized spacial score (nSPS) is 24.7. The number of carbonyl (C=O) groups excluding carboxylic acids is 2. The molecule has 3 heterocycles. The molecule has 1 aromatic carbocycles. The zero-order valence-corrected chi connectivity index (χ0v) is 18.9. The van der Waals surface area contributed by atoms with Crippen LogP contribution >= 0.6 is 0 Å². The van der Waals surface area contributed by atoms with Crippen LogP contribution in [0.5, 0.6) is 5.75 Å². The molecule has 3 aliphatic rings. The number of likely N-dealkylation sites (N-methyl/N-ethyl adjacent to an activating group) is 1. The lowest BCUT2D eigenvalue weighted by atomic mass is 9.79. The van der Waals surface area contributed by atoms with E-state index in [1.165, 1.54) is 4.90 Å². The van der Waals surface area contributed by atoms with Crippen LogP contribution in [0.2, 0.25) is 0 Å². The highest BCUT2D eigenvalue weighted by atomic mass is 16.5. The molecule has 168 valence electrons. The van der Waals surface area contributed by atoms with Crippen molar-refractivity contribution < 1.29 is 14.3 Å². The molecule has 5 rings (SSSR count). The van der Waals surface area contributed by atoms with Gasteiger partial charge in [-0.3, -0.25) is 14.6 Å². The quantitative estimate of drug-likeness (QED) is 0.680. The molecular formula is C25H30N4O3. The zero-order valence-electron chi connectivity index (χ0n) is 18.9. The van der Waals surface area contributed by atoms with Gasteiger partial charge in [0.1, 0.15) is 11.3 Å². The van der Waals surface area contributed by atoms with Gasteiger partial charge in [0.25, 0.3) is 5.91 Å². The van der Waals surface area contributed by atoms with Crippen LogP contribution in [0.4, 0.5) is 4.79 Å². The van der Waals surface area contributed by atoms with Gasteiger partial charge in [0.2, 0.25) is 0 Å². The van der Waals surface area contributed by atoms with Gasteiger partial charge in [0, 0.05) is 36.1 Å². The Labute approximate surface area is 188 Å². The molecule has 0 spiro atoms. The minimum Gasteiger partial charge on any atom is -0.494 e. The van der Waals surface area contributed by atoms with E-state index < -0.39 is 5.54 Å². The van der Waals surface area contributed by atoms with Gasteiger partial charge >= 0.3 is 6.03 Å². The van der Waals surface area contributed by atoms with Crippen LogP contribution in [0.3, 0.4) is 0 Å². The fourth-order valence-electron chi connectivity index (χ4n) is 5.40. The largest absolute Gasteiger partial charge is 0.494 e. The Morgan fingerprint density at radius 3 is 2.88 bits per heavy atom. The van der Waals surface area contributed by atoms with E-state index in [1.807, 2.05) is 37.9 Å². The molecule has 2 aliphatic heterocycles. The average molecular weight is 435 g/mol. The second-order valence-corrected chi connectivity index (χ2v) is 8.93. The van der Waals surface area contributed by atoms with Gasteiger partial charge in [0.15, 0.2) is 0 Å². The summed E-state index contributed by atoms with van der Waals surface area (Å²) in [5.74, 6) is 0.700. The summed E-state index contributed by atoms with van der Waals surface area (Å²) in [6, 6.07) is 5.56. The van der Waals surface area contributed by atoms with Crippen molar-refractivity contribution in [3.63, 3.8) is 0 Å². The molecular weight excluding hydrogens is 404 g/mol. The third-order valence-corrected chi connectivity index (χ3v) is 6.93. The van der Waals surface area contributed by atoms with E-state index in [4.69, 9.17) is 4.74 Å². The first-order chi connectivity index (χ1) is 15.5. The number of nitrogens with zero attached hydrogens (tertiary/aromatic N) is 2. The number of urea groups is 1. The van der Waals surface area contributed by atoms with Gasteiger partial charge < -0.3 is 15.0 Å². The van der Waals surface area contributed by atoms with E-state index in [0.717, 1.165) is 46.3 Å². The summed E-state index contributed by atoms with van der Waals surface area (Å²) in [6.45, 7) is 5.43. The molecule has 1 saturated heterocycles. The second kappa shape index (κ2) is 7.81. The predicted molar refractivity (Wildman–Crippen MR) is 124 cm³/mol. The van der Waals surface area contributed by atoms with Crippen LogP contribution in [0.1, 0.15) is 44.0 Å². The number of ether oxygens (including phenoxy) is 1. The number of nitrogens with one attached hydrogen (secondary N) is 2. The molecule has 32 heavy (non-hydrogen) atoms. The van der Waals surface area contributed by atoms with Crippen molar-refractivity contribution in [2.75, 3.05) is 26.7 Å². The maximum absolute atomic E-state index is 13.6. The number of H-pyrrole nitrogens is 1. The summed E-state index contributed by atoms with van der Waals surface area (Å²) in [4.78, 5) is 34.1. The van der Waals surface area contributed by atoms with E-state index in [9.17, 15) is 9.59 Å². The van der Waals surface area contributed by atoms with Crippen molar-refractivity contribution in [1.82, 2.24) is 20.1 Å². The standard InChI is InChI=1S/C25H30N4O3/c1-4-32-17-10-11-20-18(14-17)19-15-25(2)23(30)28(13-12-26-3)24(31)29(25)22(21(19)27-20)16-8-6-5-7-9-16/h5-6,8,10-11,14,22,26-27H,4,7,9,12-13,15H2,1-3H3/t22-,25+/m1/s1. The third kappa shape index (κ3) is 2.98. The second-order valence-electron chi connectivity index (χ2n) is 8.93. The number of benzene rings is 1. The number of amides is 3. The van der Waals surface area contributed by atoms with Crippen molar-refractivity contribution in [2.45, 2.75) is 44.7 Å². The number of aromatic amines is 1. The number of fused-ring (bicyclic) bond motifs is 4. The molecule has 0 radical (unpaired) electrons. The molecule has 2 N–H and O–H groups in total. The molecule has 3 amide bonds. The fraction of sp³-hybridized carbons (Fsp3) is 0.440. The van der Waals surface area contributed by atoms with Crippen molar-refractivity contribution in [1.29, 1.82) is 0 Å². The van der Waals surface area contributed by atoms with Gasteiger partial charge in [-0.15, -0.1) is 0 Å². The van der Waals surface area contributed by atoms with Gasteiger partial charge in [-0.05, 0) is 63.1 Å². The summed E-state index contributed by atoms with van der Waals surface area (Å²) in [6.07, 6.45) is 8.59. The van der Waals surface area contributed by atoms with Crippen molar-refractivity contribution >= 4 is 22.8 Å². The van der Waals surface area contributed by atoms with Gasteiger partial charge in [-0.25, -0.2) is 4.79 Å². The van der Waals surface area contributed by atoms with Crippen LogP contribution in [0.15, 0.2) is 42.0 Å². The van der Waals surface area contributed by atoms with Crippen molar-refractivity contribution in [2.24, 2.45) is 0 Å². The van der Waals surface area contributed by atoms with Crippen LogP contribution in [-0.2, 0) is 11.2 Å². The first kappa shape index (κ1) is 20.8. The minimum absolute atomic E-state index is 0.115. The van der Waals surface area contributed by atoms with Crippen LogP contribution in [0.25, 0.3) is 10.9 Å². The van der Waals surface area contributed by atoms with Gasteiger partial charge in [-0.2, -0.15) is 0 Å². The van der Waals surface area contributed by atoms with Crippen molar-refractivity contribution in [3.8, 4) is 5.75 Å². The highest BCUT2D eigenvalue weighted by molar-refractivity contribution is 6.08. The smallest absolute Gasteiger partial charge is 0.328 e.